The van der Waals surface area contributed by atoms with Crippen molar-refractivity contribution in [2.24, 2.45) is 5.41 Å². The first-order chi connectivity index (χ1) is 16.7. The topological polar surface area (TPSA) is 95.1 Å². The van der Waals surface area contributed by atoms with Crippen LogP contribution in [0.3, 0.4) is 0 Å². The second kappa shape index (κ2) is 8.99. The molecule has 35 heavy (non-hydrogen) atoms. The van der Waals surface area contributed by atoms with Crippen LogP contribution >= 0.6 is 11.3 Å². The lowest BCUT2D eigenvalue weighted by molar-refractivity contribution is -0.138. The fourth-order valence-electron chi connectivity index (χ4n) is 4.91. The van der Waals surface area contributed by atoms with Crippen LogP contribution in [0.1, 0.15) is 41.8 Å². The third-order valence-corrected chi connectivity index (χ3v) is 7.88. The Morgan fingerprint density at radius 1 is 1.34 bits per heavy atom. The number of alkyl halides is 3. The maximum atomic E-state index is 12.6. The lowest BCUT2D eigenvalue weighted by Gasteiger charge is -2.35. The maximum Gasteiger partial charge on any atom is 0.390 e. The van der Waals surface area contributed by atoms with E-state index in [1.807, 2.05) is 6.07 Å². The van der Waals surface area contributed by atoms with Crippen molar-refractivity contribution in [3.63, 3.8) is 0 Å². The van der Waals surface area contributed by atoms with E-state index in [2.05, 4.69) is 38.0 Å². The molecule has 1 aliphatic heterocycles. The Bertz CT molecular complexity index is 1260. The van der Waals surface area contributed by atoms with E-state index in [-0.39, 0.29) is 19.1 Å². The van der Waals surface area contributed by atoms with Crippen LogP contribution in [0, 0.1) is 5.41 Å². The van der Waals surface area contributed by atoms with Gasteiger partial charge >= 0.3 is 6.18 Å². The number of anilines is 3. The van der Waals surface area contributed by atoms with Gasteiger partial charge in [-0.25, -0.2) is 20.4 Å². The molecule has 186 valence electrons. The Morgan fingerprint density at radius 2 is 2.17 bits per heavy atom. The third kappa shape index (κ3) is 4.82. The van der Waals surface area contributed by atoms with Crippen LogP contribution in [0.25, 0.3) is 10.2 Å². The van der Waals surface area contributed by atoms with E-state index in [1.54, 1.807) is 18.1 Å². The third-order valence-electron chi connectivity index (χ3n) is 6.74. The van der Waals surface area contributed by atoms with Crippen LogP contribution in [0.2, 0.25) is 0 Å². The van der Waals surface area contributed by atoms with Crippen molar-refractivity contribution < 1.29 is 18.0 Å². The predicted octanol–water partition coefficient (Wildman–Crippen LogP) is 4.38. The second-order valence-corrected chi connectivity index (χ2v) is 10.5. The van der Waals surface area contributed by atoms with E-state index >= 15 is 0 Å². The number of thiophene rings is 1. The summed E-state index contributed by atoms with van der Waals surface area (Å²) in [5, 5.41) is 4.26. The van der Waals surface area contributed by atoms with Crippen molar-refractivity contribution in [1.82, 2.24) is 25.3 Å². The van der Waals surface area contributed by atoms with Crippen LogP contribution in [-0.2, 0) is 17.6 Å². The van der Waals surface area contributed by atoms with Crippen molar-refractivity contribution in [1.29, 1.82) is 0 Å². The number of nitrogens with one attached hydrogen (secondary N) is 3. The van der Waals surface area contributed by atoms with E-state index in [0.29, 0.717) is 30.9 Å². The van der Waals surface area contributed by atoms with Gasteiger partial charge in [-0.3, -0.25) is 0 Å². The van der Waals surface area contributed by atoms with E-state index in [0.717, 1.165) is 38.2 Å². The molecule has 3 N–H and O–H groups in total. The minimum absolute atomic E-state index is 0.130. The molecule has 0 spiro atoms. The highest BCUT2D eigenvalue weighted by atomic mass is 32.1. The zero-order chi connectivity index (χ0) is 24.8. The number of carbonyl (C=O) groups is 1. The molecule has 5 rings (SSSR count). The molecule has 0 radical (unpaired) electrons. The number of aldehydes is 1. The molecule has 3 aromatic heterocycles. The molecule has 2 unspecified atom stereocenters. The maximum absolute atomic E-state index is 12.6. The Kier molecular flexibility index (Phi) is 6.14. The minimum atomic E-state index is -4.21. The van der Waals surface area contributed by atoms with Gasteiger partial charge in [0.25, 0.3) is 0 Å². The highest BCUT2D eigenvalue weighted by Gasteiger charge is 2.38. The molecular formula is C23H26F3N7OS. The summed E-state index contributed by atoms with van der Waals surface area (Å²) in [6, 6.07) is 2.13. The normalized spacial score (nSPS) is 21.6. The van der Waals surface area contributed by atoms with E-state index in [4.69, 9.17) is 0 Å². The number of aromatic nitrogens is 3. The SMILES string of the molecule is CC1NNc2cnc(Nc3ncnc4sc5c(c34)CCC(C=O)(CN(C)CCC(F)(F)F)C5)cc21. The smallest absolute Gasteiger partial charge is 0.324 e. The molecule has 2 aliphatic rings. The van der Waals surface area contributed by atoms with Crippen LogP contribution in [0.4, 0.5) is 30.5 Å². The standard InChI is InChI=1S/C23H26F3N7OS/c1-13-15-7-18(27-9-16(15)32-31-13)30-20-19-14-3-4-22(11-34,10-33(2)6-5-23(24,25)26)8-17(14)35-21(19)29-12-28-20/h7,9,11-13,31-32H,3-6,8,10H2,1-2H3,(H,27,28,29,30). The highest BCUT2D eigenvalue weighted by molar-refractivity contribution is 7.19. The summed E-state index contributed by atoms with van der Waals surface area (Å²) in [6.07, 6.45) is 0.764. The fourth-order valence-corrected chi connectivity index (χ4v) is 6.26. The lowest BCUT2D eigenvalue weighted by Crippen LogP contribution is -2.41. The largest absolute Gasteiger partial charge is 0.390 e. The van der Waals surface area contributed by atoms with E-state index < -0.39 is 18.0 Å². The summed E-state index contributed by atoms with van der Waals surface area (Å²) in [5.41, 5.74) is 8.68. The zero-order valence-corrected chi connectivity index (χ0v) is 20.2. The molecular weight excluding hydrogens is 479 g/mol. The van der Waals surface area contributed by atoms with E-state index in [9.17, 15) is 18.0 Å². The molecule has 0 bridgehead atoms. The lowest BCUT2D eigenvalue weighted by atomic mass is 9.74. The number of pyridine rings is 1. The molecule has 2 atom stereocenters. The van der Waals surface area contributed by atoms with Gasteiger partial charge in [0, 0.05) is 28.9 Å². The van der Waals surface area contributed by atoms with E-state index in [1.165, 1.54) is 17.7 Å². The molecule has 12 heteroatoms. The summed E-state index contributed by atoms with van der Waals surface area (Å²) in [6.45, 7) is 2.21. The number of hydrazine groups is 1. The van der Waals surface area contributed by atoms with Crippen LogP contribution < -0.4 is 16.2 Å². The first kappa shape index (κ1) is 23.9. The summed E-state index contributed by atoms with van der Waals surface area (Å²) >= 11 is 1.52. The Hall–Kier alpha value is -2.83. The molecule has 0 amide bonds. The van der Waals surface area contributed by atoms with Gasteiger partial charge in [-0.15, -0.1) is 11.3 Å². The molecule has 0 aromatic carbocycles. The second-order valence-electron chi connectivity index (χ2n) is 9.44. The summed E-state index contributed by atoms with van der Waals surface area (Å²) in [5.74, 6) is 1.33. The molecule has 0 fully saturated rings. The Balaban J connectivity index is 1.39. The number of hydrogen-bond acceptors (Lipinski definition) is 9. The van der Waals surface area contributed by atoms with Crippen molar-refractivity contribution in [3.8, 4) is 0 Å². The molecule has 0 saturated heterocycles. The monoisotopic (exact) mass is 505 g/mol. The Morgan fingerprint density at radius 3 is 2.94 bits per heavy atom. The average Bonchev–Trinajstić information content (AvgIpc) is 3.37. The van der Waals surface area contributed by atoms with Gasteiger partial charge in [0.1, 0.15) is 29.1 Å². The van der Waals surface area contributed by atoms with Gasteiger partial charge in [0.15, 0.2) is 0 Å². The molecule has 3 aromatic rings. The Labute approximate surface area is 204 Å². The minimum Gasteiger partial charge on any atom is -0.324 e. The molecule has 0 saturated carbocycles. The van der Waals surface area contributed by atoms with Gasteiger partial charge in [-0.1, -0.05) is 0 Å². The molecule has 4 heterocycles. The first-order valence-corrected chi connectivity index (χ1v) is 12.2. The fraction of sp³-hybridized carbons (Fsp3) is 0.478. The first-order valence-electron chi connectivity index (χ1n) is 11.4. The van der Waals surface area contributed by atoms with Crippen LogP contribution in [0.5, 0.6) is 0 Å². The predicted molar refractivity (Wildman–Crippen MR) is 129 cm³/mol. The summed E-state index contributed by atoms with van der Waals surface area (Å²) < 4.78 is 37.9. The van der Waals surface area contributed by atoms with Gasteiger partial charge in [-0.05, 0) is 44.9 Å². The summed E-state index contributed by atoms with van der Waals surface area (Å²) in [4.78, 5) is 29.0. The highest BCUT2D eigenvalue weighted by Crippen LogP contribution is 2.44. The van der Waals surface area contributed by atoms with Crippen molar-refractivity contribution in [2.75, 3.05) is 30.9 Å². The van der Waals surface area contributed by atoms with Crippen molar-refractivity contribution >= 4 is 45.2 Å². The quantitative estimate of drug-likeness (QED) is 0.408. The van der Waals surface area contributed by atoms with Gasteiger partial charge < -0.3 is 20.4 Å². The number of fused-ring (bicyclic) bond motifs is 4. The van der Waals surface area contributed by atoms with Gasteiger partial charge in [0.2, 0.25) is 0 Å². The molecule has 8 nitrogen and oxygen atoms in total. The average molecular weight is 506 g/mol. The van der Waals surface area contributed by atoms with Crippen molar-refractivity contribution in [2.45, 2.75) is 44.8 Å². The number of aryl methyl sites for hydroxylation is 1. The number of nitrogens with zero attached hydrogens (tertiary/aromatic N) is 4. The number of halogens is 3. The number of carbonyl (C=O) groups excluding carboxylic acids is 1. The van der Waals surface area contributed by atoms with Gasteiger partial charge in [0.05, 0.1) is 29.7 Å². The summed E-state index contributed by atoms with van der Waals surface area (Å²) in [7, 11) is 1.64. The van der Waals surface area contributed by atoms with Crippen molar-refractivity contribution in [3.05, 3.63) is 34.6 Å². The van der Waals surface area contributed by atoms with Crippen LogP contribution in [-0.4, -0.2) is 52.5 Å². The zero-order valence-electron chi connectivity index (χ0n) is 19.4. The number of hydrogen-bond donors (Lipinski definition) is 3. The molecule has 1 aliphatic carbocycles. The van der Waals surface area contributed by atoms with Crippen LogP contribution in [0.15, 0.2) is 18.6 Å². The number of rotatable bonds is 7. The van der Waals surface area contributed by atoms with Gasteiger partial charge in [-0.2, -0.15) is 13.2 Å².